The molecule has 0 saturated heterocycles. The molecule has 1 rings (SSSR count). The average molecular weight is 264 g/mol. The van der Waals surface area contributed by atoms with E-state index in [9.17, 15) is 4.79 Å². The van der Waals surface area contributed by atoms with Gasteiger partial charge in [0.25, 0.3) is 5.56 Å². The third kappa shape index (κ3) is 6.74. The van der Waals surface area contributed by atoms with Crippen molar-refractivity contribution in [1.82, 2.24) is 9.97 Å². The molecule has 1 aromatic rings. The molecule has 0 aliphatic heterocycles. The summed E-state index contributed by atoms with van der Waals surface area (Å²) in [6, 6.07) is 1.45. The molecule has 0 fully saturated rings. The molecule has 1 heterocycles. The van der Waals surface area contributed by atoms with Gasteiger partial charge in [-0.25, -0.2) is 10.4 Å². The second-order valence-electron chi connectivity index (χ2n) is 4.86. The van der Waals surface area contributed by atoms with Gasteiger partial charge in [0.05, 0.1) is 0 Å². The zero-order valence-electron chi connectivity index (χ0n) is 12.1. The molecule has 5 heteroatoms. The van der Waals surface area contributed by atoms with Crippen LogP contribution in [0.15, 0.2) is 16.0 Å². The minimum Gasteiger partial charge on any atom is -0.291 e. The Kier molecular flexibility index (Phi) is 6.85. The van der Waals surface area contributed by atoms with Gasteiger partial charge in [-0.2, -0.15) is 5.10 Å². The molecule has 5 nitrogen and oxygen atoms in total. The zero-order valence-corrected chi connectivity index (χ0v) is 12.1. The first-order chi connectivity index (χ1) is 9.11. The van der Waals surface area contributed by atoms with Gasteiger partial charge < -0.3 is 0 Å². The first-order valence-electron chi connectivity index (χ1n) is 6.99. The minimum atomic E-state index is -0.164. The Hall–Kier alpha value is -1.65. The number of unbranched alkanes of at least 4 members (excludes halogenated alkanes) is 4. The third-order valence-electron chi connectivity index (χ3n) is 2.86. The molecule has 1 aromatic heterocycles. The van der Waals surface area contributed by atoms with E-state index in [1.807, 2.05) is 6.92 Å². The van der Waals surface area contributed by atoms with Gasteiger partial charge in [0, 0.05) is 17.5 Å². The van der Waals surface area contributed by atoms with Gasteiger partial charge in [-0.3, -0.25) is 9.78 Å². The van der Waals surface area contributed by atoms with Gasteiger partial charge in [0.1, 0.15) is 0 Å². The van der Waals surface area contributed by atoms with E-state index in [0.717, 1.165) is 18.6 Å². The van der Waals surface area contributed by atoms with Crippen LogP contribution >= 0.6 is 0 Å². The lowest BCUT2D eigenvalue weighted by molar-refractivity contribution is 0.643. The van der Waals surface area contributed by atoms with E-state index >= 15 is 0 Å². The number of aromatic amines is 1. The number of hydrogen-bond acceptors (Lipinski definition) is 4. The highest BCUT2D eigenvalue weighted by molar-refractivity contribution is 5.82. The highest BCUT2D eigenvalue weighted by atomic mass is 16.1. The van der Waals surface area contributed by atoms with E-state index in [1.165, 1.54) is 31.7 Å². The predicted octanol–water partition coefficient (Wildman–Crippen LogP) is 3.23. The first kappa shape index (κ1) is 15.4. The van der Waals surface area contributed by atoms with Crippen LogP contribution in [0, 0.1) is 6.92 Å². The number of hydrogen-bond donors (Lipinski definition) is 2. The van der Waals surface area contributed by atoms with Crippen molar-refractivity contribution >= 4 is 11.7 Å². The van der Waals surface area contributed by atoms with Gasteiger partial charge in [-0.1, -0.05) is 32.6 Å². The number of nitrogens with zero attached hydrogens (tertiary/aromatic N) is 2. The van der Waals surface area contributed by atoms with Gasteiger partial charge >= 0.3 is 0 Å². The molecule has 0 unspecified atom stereocenters. The molecule has 0 radical (unpaired) electrons. The molecule has 19 heavy (non-hydrogen) atoms. The van der Waals surface area contributed by atoms with Crippen LogP contribution in [0.2, 0.25) is 0 Å². The zero-order chi connectivity index (χ0) is 14.1. The number of rotatable bonds is 8. The summed E-state index contributed by atoms with van der Waals surface area (Å²) >= 11 is 0. The lowest BCUT2D eigenvalue weighted by atomic mass is 10.1. The molecule has 0 aromatic carbocycles. The van der Waals surface area contributed by atoms with Crippen LogP contribution in [-0.4, -0.2) is 15.7 Å². The number of H-pyrrole nitrogens is 1. The summed E-state index contributed by atoms with van der Waals surface area (Å²) in [6.07, 6.45) is 7.26. The van der Waals surface area contributed by atoms with Crippen molar-refractivity contribution in [3.8, 4) is 0 Å². The van der Waals surface area contributed by atoms with Crippen molar-refractivity contribution in [3.05, 3.63) is 22.1 Å². The molecule has 0 aliphatic carbocycles. The number of aryl methyl sites for hydroxylation is 1. The summed E-state index contributed by atoms with van der Waals surface area (Å²) in [7, 11) is 0. The fraction of sp³-hybridized carbons (Fsp3) is 0.643. The summed E-state index contributed by atoms with van der Waals surface area (Å²) in [5, 5.41) is 4.23. The molecular weight excluding hydrogens is 240 g/mol. The Balaban J connectivity index is 2.36. The van der Waals surface area contributed by atoms with Crippen LogP contribution < -0.4 is 11.0 Å². The molecule has 0 bridgehead atoms. The standard InChI is InChI=1S/C14H24N4O/c1-4-5-6-7-8-9-11(2)17-18-14-15-12(3)10-13(19)16-14/h10H,4-9H2,1-3H3,(H2,15,16,18,19)/b17-11+. The summed E-state index contributed by atoms with van der Waals surface area (Å²) in [4.78, 5) is 18.0. The van der Waals surface area contributed by atoms with Crippen LogP contribution in [0.5, 0.6) is 0 Å². The largest absolute Gasteiger partial charge is 0.291 e. The van der Waals surface area contributed by atoms with E-state index in [1.54, 1.807) is 6.92 Å². The normalized spacial score (nSPS) is 11.6. The van der Waals surface area contributed by atoms with E-state index < -0.39 is 0 Å². The molecule has 0 saturated carbocycles. The van der Waals surface area contributed by atoms with Crippen molar-refractivity contribution in [2.24, 2.45) is 5.10 Å². The Labute approximate surface area is 114 Å². The maximum atomic E-state index is 11.2. The Morgan fingerprint density at radius 3 is 2.79 bits per heavy atom. The Bertz CT molecular complexity index is 465. The molecule has 0 aliphatic rings. The molecule has 2 N–H and O–H groups in total. The van der Waals surface area contributed by atoms with Crippen LogP contribution in [-0.2, 0) is 0 Å². The smallest absolute Gasteiger partial charge is 0.252 e. The SMILES string of the molecule is CCCCCCC/C(C)=N/Nc1nc(C)cc(=O)[nH]1. The van der Waals surface area contributed by atoms with Crippen LogP contribution in [0.3, 0.4) is 0 Å². The molecule has 0 spiro atoms. The predicted molar refractivity (Wildman–Crippen MR) is 79.7 cm³/mol. The molecule has 0 atom stereocenters. The van der Waals surface area contributed by atoms with Gasteiger partial charge in [0.2, 0.25) is 5.95 Å². The maximum Gasteiger partial charge on any atom is 0.252 e. The monoisotopic (exact) mass is 264 g/mol. The quantitative estimate of drug-likeness (QED) is 0.430. The van der Waals surface area contributed by atoms with E-state index in [4.69, 9.17) is 0 Å². The Morgan fingerprint density at radius 1 is 1.37 bits per heavy atom. The van der Waals surface area contributed by atoms with Crippen molar-refractivity contribution in [2.45, 2.75) is 59.3 Å². The lowest BCUT2D eigenvalue weighted by Gasteiger charge is -2.03. The van der Waals surface area contributed by atoms with Crippen molar-refractivity contribution < 1.29 is 0 Å². The molecule has 106 valence electrons. The minimum absolute atomic E-state index is 0.164. The first-order valence-corrected chi connectivity index (χ1v) is 6.99. The number of hydrazone groups is 1. The van der Waals surface area contributed by atoms with E-state index in [0.29, 0.717) is 11.6 Å². The van der Waals surface area contributed by atoms with Crippen LogP contribution in [0.25, 0.3) is 0 Å². The number of nitrogens with one attached hydrogen (secondary N) is 2. The number of aromatic nitrogens is 2. The topological polar surface area (TPSA) is 70.1 Å². The van der Waals surface area contributed by atoms with Gasteiger partial charge in [-0.05, 0) is 26.7 Å². The average Bonchev–Trinajstić information content (AvgIpc) is 2.35. The van der Waals surface area contributed by atoms with E-state index in [2.05, 4.69) is 27.4 Å². The Morgan fingerprint density at radius 2 is 2.11 bits per heavy atom. The van der Waals surface area contributed by atoms with E-state index in [-0.39, 0.29) is 5.56 Å². The van der Waals surface area contributed by atoms with Crippen molar-refractivity contribution in [1.29, 1.82) is 0 Å². The van der Waals surface area contributed by atoms with Crippen molar-refractivity contribution in [2.75, 3.05) is 5.43 Å². The lowest BCUT2D eigenvalue weighted by Crippen LogP contribution is -2.11. The summed E-state index contributed by atoms with van der Waals surface area (Å²) < 4.78 is 0. The van der Waals surface area contributed by atoms with Gasteiger partial charge in [0.15, 0.2) is 0 Å². The highest BCUT2D eigenvalue weighted by Crippen LogP contribution is 2.06. The molecule has 0 amide bonds. The summed E-state index contributed by atoms with van der Waals surface area (Å²) in [5.41, 5.74) is 4.34. The summed E-state index contributed by atoms with van der Waals surface area (Å²) in [6.45, 7) is 5.98. The third-order valence-corrected chi connectivity index (χ3v) is 2.86. The molecular formula is C14H24N4O. The second kappa shape index (κ2) is 8.45. The fourth-order valence-corrected chi connectivity index (χ4v) is 1.82. The van der Waals surface area contributed by atoms with Crippen molar-refractivity contribution in [3.63, 3.8) is 0 Å². The second-order valence-corrected chi connectivity index (χ2v) is 4.86. The maximum absolute atomic E-state index is 11.2. The summed E-state index contributed by atoms with van der Waals surface area (Å²) in [5.74, 6) is 0.398. The van der Waals surface area contributed by atoms with Crippen LogP contribution in [0.4, 0.5) is 5.95 Å². The fourth-order valence-electron chi connectivity index (χ4n) is 1.82. The van der Waals surface area contributed by atoms with Crippen LogP contribution in [0.1, 0.15) is 58.1 Å². The number of anilines is 1. The highest BCUT2D eigenvalue weighted by Gasteiger charge is 1.97. The van der Waals surface area contributed by atoms with Gasteiger partial charge in [-0.15, -0.1) is 0 Å².